The molecule has 2 aromatic carbocycles. The van der Waals surface area contributed by atoms with Crippen molar-refractivity contribution < 1.29 is 19.1 Å². The molecule has 1 heterocycles. The molecular formula is C23H25NO4. The van der Waals surface area contributed by atoms with Gasteiger partial charge in [-0.1, -0.05) is 32.0 Å². The summed E-state index contributed by atoms with van der Waals surface area (Å²) >= 11 is 0. The molecular weight excluding hydrogens is 354 g/mol. The first-order chi connectivity index (χ1) is 13.3. The predicted octanol–water partition coefficient (Wildman–Crippen LogP) is 4.16. The van der Waals surface area contributed by atoms with E-state index in [4.69, 9.17) is 9.47 Å². The molecule has 0 aromatic heterocycles. The number of ether oxygens (including phenoxy) is 2. The SMILES string of the molecule is COc1cc(C(C)=O)ccc1OCC(=O)C=C1N(C)c2ccccc2C1(C)C. The van der Waals surface area contributed by atoms with Crippen LogP contribution in [0.3, 0.4) is 0 Å². The maximum Gasteiger partial charge on any atom is 0.194 e. The van der Waals surface area contributed by atoms with E-state index in [1.807, 2.05) is 19.2 Å². The second kappa shape index (κ2) is 7.50. The van der Waals surface area contributed by atoms with E-state index in [0.717, 1.165) is 11.4 Å². The zero-order valence-corrected chi connectivity index (χ0v) is 16.9. The Morgan fingerprint density at radius 3 is 2.46 bits per heavy atom. The van der Waals surface area contributed by atoms with Crippen LogP contribution in [0.2, 0.25) is 0 Å². The van der Waals surface area contributed by atoms with E-state index in [1.165, 1.54) is 19.6 Å². The van der Waals surface area contributed by atoms with Crippen LogP contribution in [0, 0.1) is 0 Å². The van der Waals surface area contributed by atoms with Gasteiger partial charge in [0.1, 0.15) is 0 Å². The molecule has 146 valence electrons. The van der Waals surface area contributed by atoms with Gasteiger partial charge in [-0.25, -0.2) is 0 Å². The third-order valence-electron chi connectivity index (χ3n) is 5.18. The molecule has 0 radical (unpaired) electrons. The lowest BCUT2D eigenvalue weighted by molar-refractivity contribution is -0.116. The van der Waals surface area contributed by atoms with E-state index < -0.39 is 0 Å². The number of methoxy groups -OCH3 is 1. The van der Waals surface area contributed by atoms with Crippen molar-refractivity contribution in [3.05, 3.63) is 65.4 Å². The summed E-state index contributed by atoms with van der Waals surface area (Å²) in [6.07, 6.45) is 1.65. The maximum atomic E-state index is 12.6. The minimum absolute atomic E-state index is 0.0586. The van der Waals surface area contributed by atoms with Gasteiger partial charge in [0.2, 0.25) is 0 Å². The number of likely N-dealkylation sites (N-methyl/N-ethyl adjacent to an activating group) is 1. The minimum atomic E-state index is -0.262. The van der Waals surface area contributed by atoms with Gasteiger partial charge >= 0.3 is 0 Å². The molecule has 0 aliphatic carbocycles. The standard InChI is InChI=1S/C23H25NO4/c1-15(25)16-10-11-20(21(12-16)27-5)28-14-17(26)13-22-23(2,3)18-8-6-7-9-19(18)24(22)4/h6-13H,14H2,1-5H3. The smallest absolute Gasteiger partial charge is 0.194 e. The highest BCUT2D eigenvalue weighted by Crippen LogP contribution is 2.46. The number of carbonyl (C=O) groups excluding carboxylic acids is 2. The molecule has 0 amide bonds. The average Bonchev–Trinajstić information content (AvgIpc) is 2.87. The summed E-state index contributed by atoms with van der Waals surface area (Å²) in [6, 6.07) is 13.1. The second-order valence-electron chi connectivity index (χ2n) is 7.41. The number of rotatable bonds is 6. The Kier molecular flexibility index (Phi) is 5.27. The number of allylic oxidation sites excluding steroid dienone is 1. The van der Waals surface area contributed by atoms with E-state index in [2.05, 4.69) is 30.9 Å². The van der Waals surface area contributed by atoms with Crippen LogP contribution >= 0.6 is 0 Å². The van der Waals surface area contributed by atoms with E-state index in [1.54, 1.807) is 24.3 Å². The molecule has 5 nitrogen and oxygen atoms in total. The Labute approximate surface area is 165 Å². The monoisotopic (exact) mass is 379 g/mol. The molecule has 5 heteroatoms. The third kappa shape index (κ3) is 3.52. The minimum Gasteiger partial charge on any atom is -0.493 e. The third-order valence-corrected chi connectivity index (χ3v) is 5.18. The highest BCUT2D eigenvalue weighted by Gasteiger charge is 2.38. The van der Waals surface area contributed by atoms with Gasteiger partial charge in [0.25, 0.3) is 0 Å². The van der Waals surface area contributed by atoms with Crippen LogP contribution in [0.4, 0.5) is 5.69 Å². The highest BCUT2D eigenvalue weighted by molar-refractivity contribution is 5.95. The van der Waals surface area contributed by atoms with Crippen molar-refractivity contribution in [2.45, 2.75) is 26.2 Å². The van der Waals surface area contributed by atoms with E-state index >= 15 is 0 Å². The fourth-order valence-corrected chi connectivity index (χ4v) is 3.61. The molecule has 0 unspecified atom stereocenters. The normalized spacial score (nSPS) is 16.0. The lowest BCUT2D eigenvalue weighted by Crippen LogP contribution is -2.25. The van der Waals surface area contributed by atoms with Crippen LogP contribution in [0.1, 0.15) is 36.7 Å². The number of benzene rings is 2. The van der Waals surface area contributed by atoms with Crippen LogP contribution < -0.4 is 14.4 Å². The summed E-state index contributed by atoms with van der Waals surface area (Å²) < 4.78 is 10.9. The molecule has 2 aromatic rings. The van der Waals surface area contributed by atoms with Gasteiger partial charge in [0, 0.05) is 35.5 Å². The molecule has 0 N–H and O–H groups in total. The second-order valence-corrected chi connectivity index (χ2v) is 7.41. The Morgan fingerprint density at radius 2 is 1.82 bits per heavy atom. The lowest BCUT2D eigenvalue weighted by Gasteiger charge is -2.24. The number of nitrogens with zero attached hydrogens (tertiary/aromatic N) is 1. The maximum absolute atomic E-state index is 12.6. The summed E-state index contributed by atoms with van der Waals surface area (Å²) in [7, 11) is 3.47. The van der Waals surface area contributed by atoms with Gasteiger partial charge in [0.15, 0.2) is 29.7 Å². The Bertz CT molecular complexity index is 959. The molecule has 0 bridgehead atoms. The highest BCUT2D eigenvalue weighted by atomic mass is 16.5. The first-order valence-corrected chi connectivity index (χ1v) is 9.15. The molecule has 28 heavy (non-hydrogen) atoms. The number of hydrogen-bond acceptors (Lipinski definition) is 5. The predicted molar refractivity (Wildman–Crippen MR) is 109 cm³/mol. The number of hydrogen-bond donors (Lipinski definition) is 0. The molecule has 0 saturated carbocycles. The molecule has 0 spiro atoms. The molecule has 0 saturated heterocycles. The Morgan fingerprint density at radius 1 is 1.11 bits per heavy atom. The van der Waals surface area contributed by atoms with Crippen molar-refractivity contribution in [1.82, 2.24) is 0 Å². The summed E-state index contributed by atoms with van der Waals surface area (Å²) in [6.45, 7) is 5.60. The fourth-order valence-electron chi connectivity index (χ4n) is 3.61. The average molecular weight is 379 g/mol. The lowest BCUT2D eigenvalue weighted by atomic mass is 9.83. The van der Waals surface area contributed by atoms with Gasteiger partial charge in [-0.05, 0) is 36.8 Å². The van der Waals surface area contributed by atoms with Crippen LogP contribution in [0.25, 0.3) is 0 Å². The quantitative estimate of drug-likeness (QED) is 0.557. The van der Waals surface area contributed by atoms with Crippen LogP contribution in [-0.2, 0) is 10.2 Å². The number of fused-ring (bicyclic) bond motifs is 1. The van der Waals surface area contributed by atoms with Crippen LogP contribution in [0.5, 0.6) is 11.5 Å². The molecule has 1 aliphatic heterocycles. The number of para-hydroxylation sites is 1. The molecule has 0 fully saturated rings. The van der Waals surface area contributed by atoms with Gasteiger partial charge in [-0.2, -0.15) is 0 Å². The molecule has 0 atom stereocenters. The van der Waals surface area contributed by atoms with Crippen molar-refractivity contribution in [3.8, 4) is 11.5 Å². The van der Waals surface area contributed by atoms with Crippen LogP contribution in [-0.4, -0.2) is 32.3 Å². The largest absolute Gasteiger partial charge is 0.493 e. The summed E-state index contributed by atoms with van der Waals surface area (Å²) in [5.41, 5.74) is 3.50. The Balaban J connectivity index is 1.77. The number of Topliss-reactive ketones (excluding diaryl/α,β-unsaturated/α-hetero) is 1. The molecule has 3 rings (SSSR count). The topological polar surface area (TPSA) is 55.8 Å². The zero-order chi connectivity index (χ0) is 20.5. The number of carbonyl (C=O) groups is 2. The number of ketones is 2. The first kappa shape index (κ1) is 19.7. The van der Waals surface area contributed by atoms with E-state index in [-0.39, 0.29) is 23.6 Å². The summed E-state index contributed by atoms with van der Waals surface area (Å²) in [4.78, 5) is 26.2. The summed E-state index contributed by atoms with van der Waals surface area (Å²) in [5, 5.41) is 0. The van der Waals surface area contributed by atoms with Gasteiger partial charge in [-0.15, -0.1) is 0 Å². The fraction of sp³-hybridized carbons (Fsp3) is 0.304. The Hall–Kier alpha value is -3.08. The van der Waals surface area contributed by atoms with Crippen molar-refractivity contribution in [1.29, 1.82) is 0 Å². The van der Waals surface area contributed by atoms with Crippen LogP contribution in [0.15, 0.2) is 54.2 Å². The summed E-state index contributed by atoms with van der Waals surface area (Å²) in [5.74, 6) is 0.664. The first-order valence-electron chi connectivity index (χ1n) is 9.15. The molecule has 1 aliphatic rings. The van der Waals surface area contributed by atoms with Gasteiger partial charge in [0.05, 0.1) is 7.11 Å². The van der Waals surface area contributed by atoms with E-state index in [0.29, 0.717) is 17.1 Å². The zero-order valence-electron chi connectivity index (χ0n) is 16.9. The van der Waals surface area contributed by atoms with Crippen molar-refractivity contribution >= 4 is 17.3 Å². The van der Waals surface area contributed by atoms with Crippen molar-refractivity contribution in [3.63, 3.8) is 0 Å². The number of anilines is 1. The van der Waals surface area contributed by atoms with Crippen molar-refractivity contribution in [2.24, 2.45) is 0 Å². The van der Waals surface area contributed by atoms with Gasteiger partial charge < -0.3 is 14.4 Å². The van der Waals surface area contributed by atoms with Crippen molar-refractivity contribution in [2.75, 3.05) is 25.7 Å². The van der Waals surface area contributed by atoms with Gasteiger partial charge in [-0.3, -0.25) is 9.59 Å². The van der Waals surface area contributed by atoms with E-state index in [9.17, 15) is 9.59 Å².